The molecular formula is C15H22N2O3S. The summed E-state index contributed by atoms with van der Waals surface area (Å²) in [5.74, 6) is -0.0924. The predicted molar refractivity (Wildman–Crippen MR) is 82.3 cm³/mol. The van der Waals surface area contributed by atoms with Gasteiger partial charge in [-0.1, -0.05) is 30.3 Å². The molecule has 0 saturated carbocycles. The van der Waals surface area contributed by atoms with Crippen molar-refractivity contribution in [2.24, 2.45) is 0 Å². The number of benzene rings is 1. The van der Waals surface area contributed by atoms with Gasteiger partial charge in [-0.2, -0.15) is 0 Å². The Labute approximate surface area is 126 Å². The summed E-state index contributed by atoms with van der Waals surface area (Å²) in [5, 5.41) is 0. The number of rotatable bonds is 7. The standard InChI is InChI=1S/C15H22N2O3S/c1-2-21(19,20)16-14-10-12-17(15(14)18)11-6-9-13-7-4-3-5-8-13/h3-5,7-8,14,16H,2,6,9-12H2,1H3/t14-/m1/s1. The largest absolute Gasteiger partial charge is 0.341 e. The summed E-state index contributed by atoms with van der Waals surface area (Å²) in [4.78, 5) is 13.9. The molecule has 1 fully saturated rings. The Kier molecular flexibility index (Phi) is 5.36. The van der Waals surface area contributed by atoms with Crippen LogP contribution >= 0.6 is 0 Å². The Morgan fingerprint density at radius 3 is 2.67 bits per heavy atom. The average Bonchev–Trinajstić information content (AvgIpc) is 2.81. The van der Waals surface area contributed by atoms with Crippen LogP contribution in [0.1, 0.15) is 25.3 Å². The highest BCUT2D eigenvalue weighted by molar-refractivity contribution is 7.89. The molecule has 0 radical (unpaired) electrons. The van der Waals surface area contributed by atoms with E-state index in [1.165, 1.54) is 5.56 Å². The fourth-order valence-corrected chi connectivity index (χ4v) is 3.31. The van der Waals surface area contributed by atoms with Gasteiger partial charge < -0.3 is 4.90 Å². The Hall–Kier alpha value is -1.40. The Morgan fingerprint density at radius 1 is 1.29 bits per heavy atom. The fraction of sp³-hybridized carbons (Fsp3) is 0.533. The molecule has 1 amide bonds. The van der Waals surface area contributed by atoms with E-state index in [0.29, 0.717) is 19.5 Å². The molecule has 21 heavy (non-hydrogen) atoms. The van der Waals surface area contributed by atoms with Crippen molar-refractivity contribution < 1.29 is 13.2 Å². The number of amides is 1. The van der Waals surface area contributed by atoms with Gasteiger partial charge in [-0.25, -0.2) is 13.1 Å². The van der Waals surface area contributed by atoms with Crippen molar-refractivity contribution in [3.8, 4) is 0 Å². The summed E-state index contributed by atoms with van der Waals surface area (Å²) in [6, 6.07) is 9.57. The number of sulfonamides is 1. The number of hydrogen-bond donors (Lipinski definition) is 1. The second kappa shape index (κ2) is 7.04. The lowest BCUT2D eigenvalue weighted by molar-refractivity contribution is -0.129. The topological polar surface area (TPSA) is 66.5 Å². The Balaban J connectivity index is 1.80. The minimum atomic E-state index is -3.32. The maximum Gasteiger partial charge on any atom is 0.240 e. The van der Waals surface area contributed by atoms with Gasteiger partial charge in [-0.05, 0) is 31.7 Å². The molecule has 1 aliphatic rings. The van der Waals surface area contributed by atoms with Crippen LogP contribution in [0.5, 0.6) is 0 Å². The van der Waals surface area contributed by atoms with Crippen LogP contribution in [-0.4, -0.2) is 44.1 Å². The lowest BCUT2D eigenvalue weighted by Crippen LogP contribution is -2.42. The third-order valence-corrected chi connectivity index (χ3v) is 5.14. The number of nitrogens with zero attached hydrogens (tertiary/aromatic N) is 1. The van der Waals surface area contributed by atoms with Crippen molar-refractivity contribution in [2.45, 2.75) is 32.2 Å². The summed E-state index contributed by atoms with van der Waals surface area (Å²) in [7, 11) is -3.32. The first-order chi connectivity index (χ1) is 10.0. The number of likely N-dealkylation sites (tertiary alicyclic amines) is 1. The molecule has 1 aromatic carbocycles. The molecule has 2 rings (SSSR count). The summed E-state index contributed by atoms with van der Waals surface area (Å²) in [6.45, 7) is 2.88. The third kappa shape index (κ3) is 4.54. The van der Waals surface area contributed by atoms with Crippen molar-refractivity contribution in [1.82, 2.24) is 9.62 Å². The van der Waals surface area contributed by atoms with E-state index in [1.54, 1.807) is 11.8 Å². The Bertz CT molecular complexity index is 572. The lowest BCUT2D eigenvalue weighted by atomic mass is 10.1. The first kappa shape index (κ1) is 16.0. The van der Waals surface area contributed by atoms with Gasteiger partial charge in [0.05, 0.1) is 5.75 Å². The highest BCUT2D eigenvalue weighted by atomic mass is 32.2. The normalized spacial score (nSPS) is 19.2. The molecule has 1 atom stereocenters. The van der Waals surface area contributed by atoms with Crippen LogP contribution in [0, 0.1) is 0 Å². The molecule has 0 aliphatic carbocycles. The molecule has 116 valence electrons. The van der Waals surface area contributed by atoms with E-state index in [1.807, 2.05) is 18.2 Å². The molecule has 0 aromatic heterocycles. The highest BCUT2D eigenvalue weighted by Gasteiger charge is 2.33. The fourth-order valence-electron chi connectivity index (χ4n) is 2.49. The molecule has 0 bridgehead atoms. The monoisotopic (exact) mass is 310 g/mol. The van der Waals surface area contributed by atoms with Crippen LogP contribution < -0.4 is 4.72 Å². The van der Waals surface area contributed by atoms with Crippen LogP contribution in [-0.2, 0) is 21.2 Å². The molecule has 5 nitrogen and oxygen atoms in total. The van der Waals surface area contributed by atoms with Gasteiger partial charge in [0, 0.05) is 13.1 Å². The summed E-state index contributed by atoms with van der Waals surface area (Å²) >= 11 is 0. The van der Waals surface area contributed by atoms with Crippen LogP contribution in [0.3, 0.4) is 0 Å². The first-order valence-corrected chi connectivity index (χ1v) is 9.00. The van der Waals surface area contributed by atoms with E-state index in [0.717, 1.165) is 12.8 Å². The average molecular weight is 310 g/mol. The van der Waals surface area contributed by atoms with Crippen molar-refractivity contribution in [3.63, 3.8) is 0 Å². The molecule has 1 saturated heterocycles. The van der Waals surface area contributed by atoms with Crippen LogP contribution in [0.2, 0.25) is 0 Å². The highest BCUT2D eigenvalue weighted by Crippen LogP contribution is 2.13. The summed E-state index contributed by atoms with van der Waals surface area (Å²) in [6.07, 6.45) is 2.38. The van der Waals surface area contributed by atoms with E-state index in [-0.39, 0.29) is 11.7 Å². The van der Waals surface area contributed by atoms with E-state index in [2.05, 4.69) is 16.9 Å². The van der Waals surface area contributed by atoms with Crippen molar-refractivity contribution >= 4 is 15.9 Å². The van der Waals surface area contributed by atoms with Crippen LogP contribution in [0.25, 0.3) is 0 Å². The maximum atomic E-state index is 12.1. The van der Waals surface area contributed by atoms with Crippen LogP contribution in [0.15, 0.2) is 30.3 Å². The Morgan fingerprint density at radius 2 is 2.00 bits per heavy atom. The lowest BCUT2D eigenvalue weighted by Gasteiger charge is -2.17. The first-order valence-electron chi connectivity index (χ1n) is 7.34. The van der Waals surface area contributed by atoms with Crippen molar-refractivity contribution in [3.05, 3.63) is 35.9 Å². The SMILES string of the molecule is CCS(=O)(=O)N[C@@H]1CCN(CCCc2ccccc2)C1=O. The van der Waals surface area contributed by atoms with E-state index in [4.69, 9.17) is 0 Å². The molecule has 1 N–H and O–H groups in total. The summed E-state index contributed by atoms with van der Waals surface area (Å²) < 4.78 is 25.5. The van der Waals surface area contributed by atoms with E-state index < -0.39 is 16.1 Å². The zero-order chi connectivity index (χ0) is 15.3. The number of carbonyl (C=O) groups excluding carboxylic acids is 1. The number of hydrogen-bond acceptors (Lipinski definition) is 3. The van der Waals surface area contributed by atoms with Gasteiger partial charge in [-0.15, -0.1) is 0 Å². The quantitative estimate of drug-likeness (QED) is 0.822. The van der Waals surface area contributed by atoms with Gasteiger partial charge in [0.2, 0.25) is 15.9 Å². The number of carbonyl (C=O) groups is 1. The van der Waals surface area contributed by atoms with Gasteiger partial charge >= 0.3 is 0 Å². The zero-order valence-corrected chi connectivity index (χ0v) is 13.1. The molecule has 6 heteroatoms. The third-order valence-electron chi connectivity index (χ3n) is 3.74. The molecule has 1 aliphatic heterocycles. The second-order valence-electron chi connectivity index (χ2n) is 5.28. The number of nitrogens with one attached hydrogen (secondary N) is 1. The minimum absolute atomic E-state index is 0.00475. The van der Waals surface area contributed by atoms with Gasteiger partial charge in [0.15, 0.2) is 0 Å². The van der Waals surface area contributed by atoms with Gasteiger partial charge in [0.25, 0.3) is 0 Å². The molecule has 1 heterocycles. The predicted octanol–water partition coefficient (Wildman–Crippen LogP) is 1.16. The second-order valence-corrected chi connectivity index (χ2v) is 7.32. The molecule has 0 unspecified atom stereocenters. The zero-order valence-electron chi connectivity index (χ0n) is 12.3. The summed E-state index contributed by atoms with van der Waals surface area (Å²) in [5.41, 5.74) is 1.26. The van der Waals surface area contributed by atoms with Gasteiger partial charge in [-0.3, -0.25) is 4.79 Å². The molecular weight excluding hydrogens is 288 g/mol. The van der Waals surface area contributed by atoms with Crippen molar-refractivity contribution in [1.29, 1.82) is 0 Å². The maximum absolute atomic E-state index is 12.1. The molecule has 1 aromatic rings. The number of aryl methyl sites for hydroxylation is 1. The van der Waals surface area contributed by atoms with E-state index in [9.17, 15) is 13.2 Å². The van der Waals surface area contributed by atoms with Crippen LogP contribution in [0.4, 0.5) is 0 Å². The van der Waals surface area contributed by atoms with Crippen molar-refractivity contribution in [2.75, 3.05) is 18.8 Å². The smallest absolute Gasteiger partial charge is 0.240 e. The van der Waals surface area contributed by atoms with Gasteiger partial charge in [0.1, 0.15) is 6.04 Å². The minimum Gasteiger partial charge on any atom is -0.341 e. The molecule has 0 spiro atoms. The van der Waals surface area contributed by atoms with E-state index >= 15 is 0 Å².